The van der Waals surface area contributed by atoms with E-state index in [0.29, 0.717) is 17.0 Å². The Bertz CT molecular complexity index is 739. The molecule has 0 saturated carbocycles. The largest absolute Gasteiger partial charge is 0.241 e. The summed E-state index contributed by atoms with van der Waals surface area (Å²) in [5, 5.41) is 0. The summed E-state index contributed by atoms with van der Waals surface area (Å²) in [6.45, 7) is 3.68. The van der Waals surface area contributed by atoms with E-state index in [2.05, 4.69) is 9.97 Å². The molecule has 0 atom stereocenters. The summed E-state index contributed by atoms with van der Waals surface area (Å²) < 4.78 is 28.8. The Balaban J connectivity index is 2.08. The van der Waals surface area contributed by atoms with Gasteiger partial charge in [0.2, 0.25) is 0 Å². The van der Waals surface area contributed by atoms with Crippen LogP contribution in [0, 0.1) is 25.5 Å². The zero-order valence-corrected chi connectivity index (χ0v) is 12.3. The molecule has 0 radical (unpaired) electrons. The molecule has 0 N–H and O–H groups in total. The maximum absolute atomic E-state index is 14.4. The average Bonchev–Trinajstić information content (AvgIpc) is 2.52. The molecular weight excluding hydrogens is 282 g/mol. The molecule has 0 spiro atoms. The molecular formula is C18H14F2N2. The normalized spacial score (nSPS) is 10.7. The van der Waals surface area contributed by atoms with E-state index in [0.717, 1.165) is 5.56 Å². The Hall–Kier alpha value is -2.62. The minimum Gasteiger partial charge on any atom is -0.241 e. The van der Waals surface area contributed by atoms with Crippen LogP contribution in [0.15, 0.2) is 48.8 Å². The van der Waals surface area contributed by atoms with Gasteiger partial charge in [-0.2, -0.15) is 0 Å². The van der Waals surface area contributed by atoms with Gasteiger partial charge in [0.05, 0.1) is 0 Å². The van der Waals surface area contributed by atoms with Gasteiger partial charge in [0.15, 0.2) is 11.6 Å². The number of aromatic nitrogens is 2. The van der Waals surface area contributed by atoms with Crippen molar-refractivity contribution in [2.45, 2.75) is 13.8 Å². The third kappa shape index (κ3) is 2.60. The SMILES string of the molecule is Cc1ccc(-c2ccc(-c3cnc(C)nc3)c(F)c2F)cc1. The summed E-state index contributed by atoms with van der Waals surface area (Å²) in [4.78, 5) is 8.03. The van der Waals surface area contributed by atoms with Gasteiger partial charge in [0.1, 0.15) is 5.82 Å². The van der Waals surface area contributed by atoms with E-state index >= 15 is 0 Å². The van der Waals surface area contributed by atoms with Crippen LogP contribution in [0.3, 0.4) is 0 Å². The van der Waals surface area contributed by atoms with Gasteiger partial charge in [-0.05, 0) is 19.4 Å². The molecule has 0 saturated heterocycles. The maximum Gasteiger partial charge on any atom is 0.167 e. The van der Waals surface area contributed by atoms with Crippen molar-refractivity contribution < 1.29 is 8.78 Å². The van der Waals surface area contributed by atoms with Gasteiger partial charge in [-0.15, -0.1) is 0 Å². The summed E-state index contributed by atoms with van der Waals surface area (Å²) in [6, 6.07) is 10.4. The first-order valence-corrected chi connectivity index (χ1v) is 6.90. The van der Waals surface area contributed by atoms with E-state index in [1.165, 1.54) is 12.4 Å². The second-order valence-electron chi connectivity index (χ2n) is 5.17. The first kappa shape index (κ1) is 14.3. The first-order chi connectivity index (χ1) is 10.6. The Labute approximate surface area is 127 Å². The highest BCUT2D eigenvalue weighted by molar-refractivity contribution is 5.71. The van der Waals surface area contributed by atoms with Crippen molar-refractivity contribution in [2.75, 3.05) is 0 Å². The minimum atomic E-state index is -0.884. The van der Waals surface area contributed by atoms with Crippen LogP contribution in [-0.2, 0) is 0 Å². The van der Waals surface area contributed by atoms with Crippen molar-refractivity contribution in [2.24, 2.45) is 0 Å². The van der Waals surface area contributed by atoms with Gasteiger partial charge in [-0.3, -0.25) is 0 Å². The smallest absolute Gasteiger partial charge is 0.167 e. The molecule has 110 valence electrons. The minimum absolute atomic E-state index is 0.161. The predicted octanol–water partition coefficient (Wildman–Crippen LogP) is 4.71. The molecule has 0 amide bonds. The second-order valence-corrected chi connectivity index (χ2v) is 5.17. The number of hydrogen-bond acceptors (Lipinski definition) is 2. The van der Waals surface area contributed by atoms with Gasteiger partial charge in [-0.1, -0.05) is 42.0 Å². The molecule has 3 aromatic rings. The third-order valence-electron chi connectivity index (χ3n) is 3.54. The average molecular weight is 296 g/mol. The summed E-state index contributed by atoms with van der Waals surface area (Å²) in [6.07, 6.45) is 2.98. The van der Waals surface area contributed by atoms with E-state index in [-0.39, 0.29) is 11.1 Å². The summed E-state index contributed by atoms with van der Waals surface area (Å²) >= 11 is 0. The zero-order chi connectivity index (χ0) is 15.7. The lowest BCUT2D eigenvalue weighted by molar-refractivity contribution is 0.513. The van der Waals surface area contributed by atoms with E-state index in [1.54, 1.807) is 31.2 Å². The van der Waals surface area contributed by atoms with Crippen LogP contribution in [0.25, 0.3) is 22.3 Å². The Kier molecular flexibility index (Phi) is 3.67. The fourth-order valence-electron chi connectivity index (χ4n) is 2.26. The molecule has 4 heteroatoms. The summed E-state index contributed by atoms with van der Waals surface area (Å²) in [5.74, 6) is -1.16. The van der Waals surface area contributed by atoms with Crippen LogP contribution in [0.5, 0.6) is 0 Å². The van der Waals surface area contributed by atoms with Gasteiger partial charge in [-0.25, -0.2) is 18.7 Å². The standard InChI is InChI=1S/C18H14F2N2/c1-11-3-5-13(6-4-11)15-7-8-16(18(20)17(15)19)14-9-21-12(2)22-10-14/h3-10H,1-2H3. The van der Waals surface area contributed by atoms with E-state index in [1.807, 2.05) is 19.1 Å². The van der Waals surface area contributed by atoms with Gasteiger partial charge in [0.25, 0.3) is 0 Å². The molecule has 0 unspecified atom stereocenters. The van der Waals surface area contributed by atoms with Crippen molar-refractivity contribution in [3.8, 4) is 22.3 Å². The maximum atomic E-state index is 14.4. The molecule has 0 bridgehead atoms. The number of benzene rings is 2. The Morgan fingerprint density at radius 2 is 1.18 bits per heavy atom. The molecule has 2 aromatic carbocycles. The number of nitrogens with zero attached hydrogens (tertiary/aromatic N) is 2. The number of rotatable bonds is 2. The van der Waals surface area contributed by atoms with E-state index in [4.69, 9.17) is 0 Å². The quantitative estimate of drug-likeness (QED) is 0.684. The number of hydrogen-bond donors (Lipinski definition) is 0. The van der Waals surface area contributed by atoms with E-state index < -0.39 is 11.6 Å². The van der Waals surface area contributed by atoms with Crippen molar-refractivity contribution in [1.82, 2.24) is 9.97 Å². The van der Waals surface area contributed by atoms with Crippen molar-refractivity contribution in [3.05, 3.63) is 71.8 Å². The highest BCUT2D eigenvalue weighted by Gasteiger charge is 2.16. The number of aryl methyl sites for hydroxylation is 2. The lowest BCUT2D eigenvalue weighted by Crippen LogP contribution is -1.95. The molecule has 0 aliphatic heterocycles. The monoisotopic (exact) mass is 296 g/mol. The third-order valence-corrected chi connectivity index (χ3v) is 3.54. The Morgan fingerprint density at radius 3 is 1.73 bits per heavy atom. The highest BCUT2D eigenvalue weighted by atomic mass is 19.2. The summed E-state index contributed by atoms with van der Waals surface area (Å²) in [7, 11) is 0. The van der Waals surface area contributed by atoms with Crippen molar-refractivity contribution in [1.29, 1.82) is 0 Å². The second kappa shape index (κ2) is 5.64. The van der Waals surface area contributed by atoms with Gasteiger partial charge >= 0.3 is 0 Å². The molecule has 1 aromatic heterocycles. The predicted molar refractivity (Wildman–Crippen MR) is 82.3 cm³/mol. The molecule has 0 aliphatic carbocycles. The van der Waals surface area contributed by atoms with Crippen LogP contribution in [0.1, 0.15) is 11.4 Å². The van der Waals surface area contributed by atoms with Crippen molar-refractivity contribution in [3.63, 3.8) is 0 Å². The fraction of sp³-hybridized carbons (Fsp3) is 0.111. The molecule has 22 heavy (non-hydrogen) atoms. The van der Waals surface area contributed by atoms with Gasteiger partial charge in [0, 0.05) is 29.1 Å². The van der Waals surface area contributed by atoms with E-state index in [9.17, 15) is 8.78 Å². The lowest BCUT2D eigenvalue weighted by Gasteiger charge is -2.09. The van der Waals surface area contributed by atoms with Crippen LogP contribution in [0.2, 0.25) is 0 Å². The molecule has 0 fully saturated rings. The lowest BCUT2D eigenvalue weighted by atomic mass is 9.99. The molecule has 0 aliphatic rings. The van der Waals surface area contributed by atoms with Crippen LogP contribution < -0.4 is 0 Å². The Morgan fingerprint density at radius 1 is 0.682 bits per heavy atom. The zero-order valence-electron chi connectivity index (χ0n) is 12.3. The van der Waals surface area contributed by atoms with Crippen LogP contribution in [0.4, 0.5) is 8.78 Å². The van der Waals surface area contributed by atoms with Gasteiger partial charge < -0.3 is 0 Å². The van der Waals surface area contributed by atoms with Crippen LogP contribution >= 0.6 is 0 Å². The number of halogens is 2. The fourth-order valence-corrected chi connectivity index (χ4v) is 2.26. The topological polar surface area (TPSA) is 25.8 Å². The highest BCUT2D eigenvalue weighted by Crippen LogP contribution is 2.31. The van der Waals surface area contributed by atoms with Crippen LogP contribution in [-0.4, -0.2) is 9.97 Å². The molecule has 1 heterocycles. The summed E-state index contributed by atoms with van der Waals surface area (Å²) in [5.41, 5.74) is 2.58. The van der Waals surface area contributed by atoms with Crippen molar-refractivity contribution >= 4 is 0 Å². The molecule has 2 nitrogen and oxygen atoms in total. The first-order valence-electron chi connectivity index (χ1n) is 6.90. The molecule has 3 rings (SSSR count).